The second-order valence-corrected chi connectivity index (χ2v) is 6.40. The zero-order valence-corrected chi connectivity index (χ0v) is 14.7. The monoisotopic (exact) mass is 418 g/mol. The summed E-state index contributed by atoms with van der Waals surface area (Å²) in [6.45, 7) is 0.461. The van der Waals surface area contributed by atoms with Gasteiger partial charge in [0, 0.05) is 15.7 Å². The van der Waals surface area contributed by atoms with Crippen LogP contribution in [-0.4, -0.2) is 31.4 Å². The van der Waals surface area contributed by atoms with Crippen LogP contribution < -0.4 is 5.32 Å². The van der Waals surface area contributed by atoms with Crippen LogP contribution in [0.15, 0.2) is 41.0 Å². The summed E-state index contributed by atoms with van der Waals surface area (Å²) < 4.78 is 6.34. The average Bonchev–Trinajstić information content (AvgIpc) is 2.95. The van der Waals surface area contributed by atoms with Gasteiger partial charge in [-0.15, -0.1) is 0 Å². The van der Waals surface area contributed by atoms with Crippen molar-refractivity contribution < 1.29 is 9.21 Å². The third kappa shape index (κ3) is 4.21. The first-order valence-corrected chi connectivity index (χ1v) is 7.88. The van der Waals surface area contributed by atoms with Crippen molar-refractivity contribution in [2.24, 2.45) is 0 Å². The molecule has 21 heavy (non-hydrogen) atoms. The minimum absolute atomic E-state index is 0.0109. The lowest BCUT2D eigenvalue weighted by Crippen LogP contribution is -2.34. The molecule has 1 atom stereocenters. The van der Waals surface area contributed by atoms with Crippen molar-refractivity contribution in [3.05, 3.63) is 56.5 Å². The second-order valence-electron chi connectivity index (χ2n) is 4.83. The molecule has 1 aromatic heterocycles. The number of benzene rings is 1. The Balaban J connectivity index is 2.03. The van der Waals surface area contributed by atoms with Gasteiger partial charge in [0.1, 0.15) is 5.76 Å². The van der Waals surface area contributed by atoms with Gasteiger partial charge >= 0.3 is 0 Å². The molecule has 2 aromatic rings. The average molecular weight is 419 g/mol. The molecule has 1 unspecified atom stereocenters. The molecule has 0 fully saturated rings. The number of furan rings is 1. The maximum atomic E-state index is 12.2. The summed E-state index contributed by atoms with van der Waals surface area (Å²) in [5.74, 6) is 0.674. The number of nitrogens with one attached hydrogen (secondary N) is 1. The standard InChI is InChI=1S/C15H16ClIN2O2/c1-19(2)13(14-4-3-7-21-14)9-18-15(20)10-5-6-12(17)11(16)8-10/h3-8,13H,9H2,1-2H3,(H,18,20). The molecule has 1 amide bonds. The number of amides is 1. The fraction of sp³-hybridized carbons (Fsp3) is 0.267. The highest BCUT2D eigenvalue weighted by atomic mass is 127. The van der Waals surface area contributed by atoms with E-state index in [2.05, 4.69) is 27.9 Å². The van der Waals surface area contributed by atoms with Crippen molar-refractivity contribution in [3.8, 4) is 0 Å². The van der Waals surface area contributed by atoms with E-state index in [9.17, 15) is 4.79 Å². The molecule has 1 N–H and O–H groups in total. The Morgan fingerprint density at radius 3 is 2.76 bits per heavy atom. The van der Waals surface area contributed by atoms with Crippen LogP contribution in [-0.2, 0) is 0 Å². The third-order valence-electron chi connectivity index (χ3n) is 3.13. The van der Waals surface area contributed by atoms with Crippen molar-refractivity contribution in [1.29, 1.82) is 0 Å². The predicted molar refractivity (Wildman–Crippen MR) is 91.6 cm³/mol. The lowest BCUT2D eigenvalue weighted by molar-refractivity contribution is 0.0939. The van der Waals surface area contributed by atoms with Crippen LogP contribution in [0.25, 0.3) is 0 Å². The molecule has 0 saturated heterocycles. The maximum Gasteiger partial charge on any atom is 0.251 e. The van der Waals surface area contributed by atoms with Gasteiger partial charge < -0.3 is 9.73 Å². The minimum Gasteiger partial charge on any atom is -0.468 e. The summed E-state index contributed by atoms with van der Waals surface area (Å²) in [4.78, 5) is 14.2. The Labute approximate surface area is 142 Å². The van der Waals surface area contributed by atoms with Crippen molar-refractivity contribution in [1.82, 2.24) is 10.2 Å². The summed E-state index contributed by atoms with van der Waals surface area (Å²) in [6.07, 6.45) is 1.63. The predicted octanol–water partition coefficient (Wildman–Crippen LogP) is 3.57. The van der Waals surface area contributed by atoms with Crippen molar-refractivity contribution in [2.45, 2.75) is 6.04 Å². The highest BCUT2D eigenvalue weighted by Crippen LogP contribution is 2.20. The molecule has 0 saturated carbocycles. The van der Waals surface area contributed by atoms with Gasteiger partial charge in [0.05, 0.1) is 17.3 Å². The quantitative estimate of drug-likeness (QED) is 0.755. The van der Waals surface area contributed by atoms with Gasteiger partial charge in [0.2, 0.25) is 0 Å². The van der Waals surface area contributed by atoms with Crippen LogP contribution in [0.4, 0.5) is 0 Å². The summed E-state index contributed by atoms with van der Waals surface area (Å²) in [5.41, 5.74) is 0.553. The minimum atomic E-state index is -0.147. The van der Waals surface area contributed by atoms with Crippen LogP contribution in [0.3, 0.4) is 0 Å². The first-order valence-electron chi connectivity index (χ1n) is 6.42. The first-order chi connectivity index (χ1) is 9.99. The van der Waals surface area contributed by atoms with Crippen LogP contribution >= 0.6 is 34.2 Å². The fourth-order valence-corrected chi connectivity index (χ4v) is 2.46. The van der Waals surface area contributed by atoms with Crippen LogP contribution in [0.1, 0.15) is 22.2 Å². The van der Waals surface area contributed by atoms with E-state index in [1.54, 1.807) is 18.4 Å². The third-order valence-corrected chi connectivity index (χ3v) is 4.70. The number of hydrogen-bond acceptors (Lipinski definition) is 3. The van der Waals surface area contributed by atoms with Crippen LogP contribution in [0.5, 0.6) is 0 Å². The zero-order valence-electron chi connectivity index (χ0n) is 11.8. The Morgan fingerprint density at radius 1 is 1.43 bits per heavy atom. The normalized spacial score (nSPS) is 12.4. The van der Waals surface area contributed by atoms with Gasteiger partial charge in [-0.05, 0) is 67.0 Å². The van der Waals surface area contributed by atoms with Crippen molar-refractivity contribution in [2.75, 3.05) is 20.6 Å². The van der Waals surface area contributed by atoms with E-state index in [4.69, 9.17) is 16.0 Å². The Hall–Kier alpha value is -1.05. The number of carbonyl (C=O) groups is 1. The molecular weight excluding hydrogens is 403 g/mol. The summed E-state index contributed by atoms with van der Waals surface area (Å²) in [7, 11) is 3.89. The van der Waals surface area contributed by atoms with Crippen LogP contribution in [0.2, 0.25) is 5.02 Å². The van der Waals surface area contributed by atoms with Crippen molar-refractivity contribution in [3.63, 3.8) is 0 Å². The Morgan fingerprint density at radius 2 is 2.19 bits per heavy atom. The Kier molecular flexibility index (Phi) is 5.66. The fourth-order valence-electron chi connectivity index (χ4n) is 1.95. The lowest BCUT2D eigenvalue weighted by atomic mass is 10.2. The van der Waals surface area contributed by atoms with E-state index in [1.807, 2.05) is 37.2 Å². The molecule has 0 aliphatic rings. The molecule has 0 aliphatic carbocycles. The molecular formula is C15H16ClIN2O2. The van der Waals surface area contributed by atoms with Gasteiger partial charge in [-0.25, -0.2) is 0 Å². The molecule has 4 nitrogen and oxygen atoms in total. The smallest absolute Gasteiger partial charge is 0.251 e. The number of carbonyl (C=O) groups excluding carboxylic acids is 1. The van der Waals surface area contributed by atoms with E-state index in [0.29, 0.717) is 17.1 Å². The van der Waals surface area contributed by atoms with Gasteiger partial charge in [-0.1, -0.05) is 11.6 Å². The lowest BCUT2D eigenvalue weighted by Gasteiger charge is -2.22. The molecule has 0 radical (unpaired) electrons. The number of rotatable bonds is 5. The molecule has 2 rings (SSSR count). The van der Waals surface area contributed by atoms with Gasteiger partial charge in [0.15, 0.2) is 0 Å². The SMILES string of the molecule is CN(C)C(CNC(=O)c1ccc(I)c(Cl)c1)c1ccco1. The molecule has 6 heteroatoms. The number of nitrogens with zero attached hydrogens (tertiary/aromatic N) is 1. The largest absolute Gasteiger partial charge is 0.468 e. The van der Waals surface area contributed by atoms with E-state index < -0.39 is 0 Å². The van der Waals surface area contributed by atoms with Crippen LogP contribution in [0, 0.1) is 3.57 Å². The molecule has 1 heterocycles. The van der Waals surface area contributed by atoms with Gasteiger partial charge in [-0.2, -0.15) is 0 Å². The van der Waals surface area contributed by atoms with E-state index >= 15 is 0 Å². The molecule has 0 aliphatic heterocycles. The van der Waals surface area contributed by atoms with Gasteiger partial charge in [-0.3, -0.25) is 9.69 Å². The maximum absolute atomic E-state index is 12.2. The number of halogens is 2. The Bertz CT molecular complexity index is 614. The summed E-state index contributed by atoms with van der Waals surface area (Å²) in [6, 6.07) is 9.00. The molecule has 1 aromatic carbocycles. The van der Waals surface area contributed by atoms with E-state index in [0.717, 1.165) is 9.33 Å². The summed E-state index contributed by atoms with van der Waals surface area (Å²) in [5, 5.41) is 3.50. The first kappa shape index (κ1) is 16.3. The highest BCUT2D eigenvalue weighted by molar-refractivity contribution is 14.1. The number of likely N-dealkylation sites (N-methyl/N-ethyl adjacent to an activating group) is 1. The summed E-state index contributed by atoms with van der Waals surface area (Å²) >= 11 is 8.17. The van der Waals surface area contributed by atoms with Gasteiger partial charge in [0.25, 0.3) is 5.91 Å². The molecule has 112 valence electrons. The number of hydrogen-bond donors (Lipinski definition) is 1. The zero-order chi connectivity index (χ0) is 15.4. The van der Waals surface area contributed by atoms with E-state index in [1.165, 1.54) is 0 Å². The molecule has 0 spiro atoms. The van der Waals surface area contributed by atoms with E-state index in [-0.39, 0.29) is 11.9 Å². The highest BCUT2D eigenvalue weighted by Gasteiger charge is 2.18. The topological polar surface area (TPSA) is 45.5 Å². The van der Waals surface area contributed by atoms with Crippen molar-refractivity contribution >= 4 is 40.1 Å². The second kappa shape index (κ2) is 7.29. The molecule has 0 bridgehead atoms.